The largest absolute Gasteiger partial charge is 0.459 e. The first-order chi connectivity index (χ1) is 15.9. The highest BCUT2D eigenvalue weighted by Crippen LogP contribution is 2.39. The summed E-state index contributed by atoms with van der Waals surface area (Å²) < 4.78 is 5.33. The minimum atomic E-state index is -0.264. The predicted octanol–water partition coefficient (Wildman–Crippen LogP) is 3.04. The summed E-state index contributed by atoms with van der Waals surface area (Å²) in [5.74, 6) is -0.295. The van der Waals surface area contributed by atoms with Crippen LogP contribution in [0.15, 0.2) is 65.3 Å². The van der Waals surface area contributed by atoms with Gasteiger partial charge in [-0.2, -0.15) is 0 Å². The van der Waals surface area contributed by atoms with E-state index in [1.807, 2.05) is 37.3 Å². The van der Waals surface area contributed by atoms with Gasteiger partial charge < -0.3 is 25.3 Å². The van der Waals surface area contributed by atoms with Crippen molar-refractivity contribution >= 4 is 29.1 Å². The maximum absolute atomic E-state index is 13.2. The molecule has 4 rings (SSSR count). The van der Waals surface area contributed by atoms with Crippen LogP contribution in [0.5, 0.6) is 0 Å². The normalized spacial score (nSPS) is 15.2. The molecule has 33 heavy (non-hydrogen) atoms. The van der Waals surface area contributed by atoms with Crippen molar-refractivity contribution in [3.63, 3.8) is 0 Å². The van der Waals surface area contributed by atoms with Crippen LogP contribution >= 0.6 is 0 Å². The van der Waals surface area contributed by atoms with Crippen molar-refractivity contribution in [2.24, 2.45) is 5.73 Å². The van der Waals surface area contributed by atoms with E-state index in [1.165, 1.54) is 13.2 Å². The molecule has 1 aliphatic heterocycles. The zero-order chi connectivity index (χ0) is 23.5. The fourth-order valence-corrected chi connectivity index (χ4v) is 4.11. The molecule has 2 heterocycles. The summed E-state index contributed by atoms with van der Waals surface area (Å²) in [4.78, 5) is 41.0. The molecule has 0 saturated heterocycles. The molecular formula is C25H26N4O4. The van der Waals surface area contributed by atoms with E-state index >= 15 is 0 Å². The van der Waals surface area contributed by atoms with Gasteiger partial charge in [-0.1, -0.05) is 18.2 Å². The van der Waals surface area contributed by atoms with Crippen molar-refractivity contribution in [2.75, 3.05) is 29.4 Å². The van der Waals surface area contributed by atoms with E-state index < -0.39 is 0 Å². The molecule has 1 aromatic heterocycles. The molecule has 0 saturated carbocycles. The zero-order valence-corrected chi connectivity index (χ0v) is 18.6. The molecule has 0 bridgehead atoms. The number of nitrogens with two attached hydrogens (primary N) is 1. The molecule has 1 atom stereocenters. The third-order valence-corrected chi connectivity index (χ3v) is 5.64. The number of nitrogens with zero attached hydrogens (tertiary/aromatic N) is 2. The molecule has 8 heteroatoms. The number of furan rings is 1. The second-order valence-electron chi connectivity index (χ2n) is 7.96. The predicted molar refractivity (Wildman–Crippen MR) is 126 cm³/mol. The van der Waals surface area contributed by atoms with Crippen LogP contribution in [0.3, 0.4) is 0 Å². The van der Waals surface area contributed by atoms with Gasteiger partial charge in [0.25, 0.3) is 11.8 Å². The van der Waals surface area contributed by atoms with Crippen LogP contribution < -0.4 is 20.9 Å². The van der Waals surface area contributed by atoms with Crippen LogP contribution in [0.4, 0.5) is 11.4 Å². The number of hydrogen-bond donors (Lipinski definition) is 2. The molecule has 8 nitrogen and oxygen atoms in total. The Morgan fingerprint density at radius 2 is 1.79 bits per heavy atom. The summed E-state index contributed by atoms with van der Waals surface area (Å²) in [6, 6.07) is 16.0. The van der Waals surface area contributed by atoms with Gasteiger partial charge in [0.2, 0.25) is 5.91 Å². The monoisotopic (exact) mass is 446 g/mol. The summed E-state index contributed by atoms with van der Waals surface area (Å²) in [6.07, 6.45) is 1.46. The van der Waals surface area contributed by atoms with Crippen LogP contribution in [0, 0.1) is 0 Å². The number of fused-ring (bicyclic) bond motifs is 1. The molecule has 0 unspecified atom stereocenters. The average Bonchev–Trinajstić information content (AvgIpc) is 3.36. The minimum Gasteiger partial charge on any atom is -0.459 e. The van der Waals surface area contributed by atoms with Crippen molar-refractivity contribution in [1.82, 2.24) is 5.32 Å². The van der Waals surface area contributed by atoms with Gasteiger partial charge in [0.05, 0.1) is 23.7 Å². The molecule has 1 aliphatic rings. The minimum absolute atomic E-state index is 0.0885. The lowest BCUT2D eigenvalue weighted by Crippen LogP contribution is -2.51. The van der Waals surface area contributed by atoms with Crippen LogP contribution in [0.25, 0.3) is 11.1 Å². The van der Waals surface area contributed by atoms with E-state index in [9.17, 15) is 14.4 Å². The highest BCUT2D eigenvalue weighted by Gasteiger charge is 2.35. The Hall–Kier alpha value is -3.91. The number of amides is 3. The molecule has 2 aromatic carbocycles. The molecule has 0 spiro atoms. The highest BCUT2D eigenvalue weighted by atomic mass is 16.3. The molecule has 0 radical (unpaired) electrons. The van der Waals surface area contributed by atoms with Gasteiger partial charge in [-0.25, -0.2) is 0 Å². The Labute approximate surface area is 192 Å². The van der Waals surface area contributed by atoms with Crippen LogP contribution in [-0.2, 0) is 4.79 Å². The fourth-order valence-electron chi connectivity index (χ4n) is 4.11. The van der Waals surface area contributed by atoms with Gasteiger partial charge in [0.15, 0.2) is 5.76 Å². The lowest BCUT2D eigenvalue weighted by Gasteiger charge is -2.40. The SMILES string of the molecule is CC(=O)N1c2ccc(-c3ccc(C(=O)NCCN)cc3)cc2N(C(=O)c2ccco2)C[C@@H]1C. The van der Waals surface area contributed by atoms with Crippen molar-refractivity contribution in [3.05, 3.63) is 72.2 Å². The van der Waals surface area contributed by atoms with E-state index in [0.717, 1.165) is 11.1 Å². The number of hydrogen-bond acceptors (Lipinski definition) is 5. The lowest BCUT2D eigenvalue weighted by atomic mass is 9.99. The Morgan fingerprint density at radius 1 is 1.06 bits per heavy atom. The molecule has 3 aromatic rings. The van der Waals surface area contributed by atoms with Crippen molar-refractivity contribution in [2.45, 2.75) is 19.9 Å². The number of benzene rings is 2. The van der Waals surface area contributed by atoms with Crippen molar-refractivity contribution in [1.29, 1.82) is 0 Å². The summed E-state index contributed by atoms with van der Waals surface area (Å²) in [7, 11) is 0. The first kappa shape index (κ1) is 22.3. The van der Waals surface area contributed by atoms with Crippen LogP contribution in [0.2, 0.25) is 0 Å². The summed E-state index contributed by atoms with van der Waals surface area (Å²) in [5.41, 5.74) is 9.02. The van der Waals surface area contributed by atoms with E-state index in [1.54, 1.807) is 34.1 Å². The standard InChI is InChI=1S/C25H26N4O4/c1-16-15-28(25(32)23-4-3-13-33-23)22-14-20(9-10-21(22)29(16)17(2)30)18-5-7-19(8-6-18)24(31)27-12-11-26/h3-10,13-14,16H,11-12,15,26H2,1-2H3,(H,27,31)/t16-/m0/s1. The van der Waals surface area contributed by atoms with E-state index in [2.05, 4.69) is 5.32 Å². The summed E-state index contributed by atoms with van der Waals surface area (Å²) in [6.45, 7) is 4.57. The number of carbonyl (C=O) groups excluding carboxylic acids is 3. The van der Waals surface area contributed by atoms with Crippen molar-refractivity contribution < 1.29 is 18.8 Å². The van der Waals surface area contributed by atoms with Crippen molar-refractivity contribution in [3.8, 4) is 11.1 Å². The van der Waals surface area contributed by atoms with E-state index in [-0.39, 0.29) is 29.5 Å². The Morgan fingerprint density at radius 3 is 2.42 bits per heavy atom. The maximum Gasteiger partial charge on any atom is 0.294 e. The summed E-state index contributed by atoms with van der Waals surface area (Å²) >= 11 is 0. The Kier molecular flexibility index (Phi) is 6.28. The highest BCUT2D eigenvalue weighted by molar-refractivity contribution is 6.10. The van der Waals surface area contributed by atoms with Gasteiger partial charge in [-0.15, -0.1) is 0 Å². The molecule has 3 amide bonds. The quantitative estimate of drug-likeness (QED) is 0.626. The van der Waals surface area contributed by atoms with Gasteiger partial charge in [-0.05, 0) is 54.4 Å². The van der Waals surface area contributed by atoms with Gasteiger partial charge >= 0.3 is 0 Å². The molecule has 0 fully saturated rings. The second kappa shape index (κ2) is 9.30. The van der Waals surface area contributed by atoms with Gasteiger partial charge in [0, 0.05) is 32.1 Å². The number of rotatable bonds is 5. The number of carbonyl (C=O) groups is 3. The van der Waals surface area contributed by atoms with Gasteiger partial charge in [-0.3, -0.25) is 14.4 Å². The third-order valence-electron chi connectivity index (χ3n) is 5.64. The molecule has 170 valence electrons. The van der Waals surface area contributed by atoms with E-state index in [0.29, 0.717) is 36.6 Å². The number of anilines is 2. The topological polar surface area (TPSA) is 109 Å². The van der Waals surface area contributed by atoms with Gasteiger partial charge in [0.1, 0.15) is 0 Å². The smallest absolute Gasteiger partial charge is 0.294 e. The maximum atomic E-state index is 13.2. The lowest BCUT2D eigenvalue weighted by molar-refractivity contribution is -0.117. The average molecular weight is 447 g/mol. The van der Waals surface area contributed by atoms with Crippen LogP contribution in [-0.4, -0.2) is 43.4 Å². The first-order valence-corrected chi connectivity index (χ1v) is 10.8. The fraction of sp³-hybridized carbons (Fsp3) is 0.240. The molecule has 3 N–H and O–H groups in total. The Balaban J connectivity index is 1.72. The van der Waals surface area contributed by atoms with E-state index in [4.69, 9.17) is 10.2 Å². The Bertz CT molecular complexity index is 1170. The third kappa shape index (κ3) is 4.38. The molecular weight excluding hydrogens is 420 g/mol. The second-order valence-corrected chi connectivity index (χ2v) is 7.96. The first-order valence-electron chi connectivity index (χ1n) is 10.8. The number of nitrogens with one attached hydrogen (secondary N) is 1. The molecule has 0 aliphatic carbocycles. The zero-order valence-electron chi connectivity index (χ0n) is 18.6. The summed E-state index contributed by atoms with van der Waals surface area (Å²) in [5, 5.41) is 2.75. The van der Waals surface area contributed by atoms with Crippen LogP contribution in [0.1, 0.15) is 34.8 Å².